The Kier molecular flexibility index (Phi) is 3.14. The Labute approximate surface area is 116 Å². The summed E-state index contributed by atoms with van der Waals surface area (Å²) in [5.74, 6) is -0.656. The third-order valence-corrected chi connectivity index (χ3v) is 3.58. The van der Waals surface area contributed by atoms with Gasteiger partial charge in [-0.1, -0.05) is 24.3 Å². The molecule has 0 saturated heterocycles. The van der Waals surface area contributed by atoms with Crippen molar-refractivity contribution in [3.05, 3.63) is 65.0 Å². The number of fused-ring (bicyclic) bond motifs is 1. The molecular formula is C16H15FN2O. The number of carbonyl (C=O) groups excluding carboxylic acids is 1. The second-order valence-corrected chi connectivity index (χ2v) is 5.02. The lowest BCUT2D eigenvalue weighted by molar-refractivity contribution is 0.0734. The number of amides is 1. The first-order valence-corrected chi connectivity index (χ1v) is 6.55. The van der Waals surface area contributed by atoms with E-state index < -0.39 is 5.82 Å². The third kappa shape index (κ3) is 2.37. The smallest absolute Gasteiger partial charge is 0.254 e. The summed E-state index contributed by atoms with van der Waals surface area (Å²) in [7, 11) is 0. The van der Waals surface area contributed by atoms with E-state index in [1.54, 1.807) is 4.90 Å². The number of hydrogen-bond donors (Lipinski definition) is 1. The highest BCUT2D eigenvalue weighted by Crippen LogP contribution is 2.21. The molecule has 0 fully saturated rings. The van der Waals surface area contributed by atoms with Crippen molar-refractivity contribution in [1.82, 2.24) is 4.90 Å². The van der Waals surface area contributed by atoms with E-state index in [0.29, 0.717) is 18.7 Å². The van der Waals surface area contributed by atoms with Crippen LogP contribution >= 0.6 is 0 Å². The molecule has 20 heavy (non-hydrogen) atoms. The fourth-order valence-electron chi connectivity index (χ4n) is 2.59. The molecule has 0 aromatic heterocycles. The summed E-state index contributed by atoms with van der Waals surface area (Å²) in [6.45, 7) is 1.21. The maximum absolute atomic E-state index is 13.3. The van der Waals surface area contributed by atoms with Gasteiger partial charge in [-0.15, -0.1) is 0 Å². The van der Waals surface area contributed by atoms with E-state index in [2.05, 4.69) is 6.07 Å². The molecule has 102 valence electrons. The maximum atomic E-state index is 13.3. The molecule has 0 saturated carbocycles. The minimum Gasteiger partial charge on any atom is -0.399 e. The topological polar surface area (TPSA) is 46.3 Å². The largest absolute Gasteiger partial charge is 0.399 e. The molecule has 3 rings (SSSR count). The van der Waals surface area contributed by atoms with Gasteiger partial charge in [0.05, 0.1) is 0 Å². The third-order valence-electron chi connectivity index (χ3n) is 3.58. The van der Waals surface area contributed by atoms with Crippen LogP contribution in [0.3, 0.4) is 0 Å². The van der Waals surface area contributed by atoms with Crippen molar-refractivity contribution < 1.29 is 9.18 Å². The van der Waals surface area contributed by atoms with Gasteiger partial charge in [-0.2, -0.15) is 0 Å². The van der Waals surface area contributed by atoms with Gasteiger partial charge in [-0.3, -0.25) is 4.79 Å². The molecule has 0 atom stereocenters. The molecule has 1 aliphatic heterocycles. The molecular weight excluding hydrogens is 255 g/mol. The molecule has 4 heteroatoms. The second-order valence-electron chi connectivity index (χ2n) is 5.02. The summed E-state index contributed by atoms with van der Waals surface area (Å²) in [4.78, 5) is 14.2. The average Bonchev–Trinajstić information content (AvgIpc) is 2.45. The van der Waals surface area contributed by atoms with Crippen LogP contribution in [0.5, 0.6) is 0 Å². The number of nitrogen functional groups attached to an aromatic ring is 1. The van der Waals surface area contributed by atoms with Gasteiger partial charge in [0.25, 0.3) is 5.91 Å². The van der Waals surface area contributed by atoms with Crippen LogP contribution in [-0.4, -0.2) is 17.4 Å². The van der Waals surface area contributed by atoms with E-state index in [0.717, 1.165) is 12.0 Å². The molecule has 0 unspecified atom stereocenters. The van der Waals surface area contributed by atoms with Crippen LogP contribution in [0.25, 0.3) is 0 Å². The monoisotopic (exact) mass is 270 g/mol. The van der Waals surface area contributed by atoms with Crippen molar-refractivity contribution in [1.29, 1.82) is 0 Å². The summed E-state index contributed by atoms with van der Waals surface area (Å²) < 4.78 is 13.3. The predicted molar refractivity (Wildman–Crippen MR) is 75.7 cm³/mol. The normalized spacial score (nSPS) is 13.9. The van der Waals surface area contributed by atoms with Crippen LogP contribution in [-0.2, 0) is 13.0 Å². The first kappa shape index (κ1) is 12.7. The predicted octanol–water partition coefficient (Wildman–Crippen LogP) is 2.61. The Morgan fingerprint density at radius 1 is 1.15 bits per heavy atom. The van der Waals surface area contributed by atoms with Gasteiger partial charge in [0, 0.05) is 24.3 Å². The lowest BCUT2D eigenvalue weighted by atomic mass is 9.99. The molecule has 2 aromatic carbocycles. The van der Waals surface area contributed by atoms with E-state index >= 15 is 0 Å². The Morgan fingerprint density at radius 3 is 2.65 bits per heavy atom. The molecule has 3 nitrogen and oxygen atoms in total. The van der Waals surface area contributed by atoms with Crippen molar-refractivity contribution in [3.63, 3.8) is 0 Å². The number of nitrogens with zero attached hydrogens (tertiary/aromatic N) is 1. The number of carbonyl (C=O) groups is 1. The van der Waals surface area contributed by atoms with Gasteiger partial charge in [0.1, 0.15) is 5.82 Å². The van der Waals surface area contributed by atoms with Gasteiger partial charge >= 0.3 is 0 Å². The van der Waals surface area contributed by atoms with Gasteiger partial charge in [0.15, 0.2) is 0 Å². The zero-order chi connectivity index (χ0) is 14.1. The maximum Gasteiger partial charge on any atom is 0.254 e. The quantitative estimate of drug-likeness (QED) is 0.810. The summed E-state index contributed by atoms with van der Waals surface area (Å²) in [6, 6.07) is 12.0. The van der Waals surface area contributed by atoms with Crippen LogP contribution in [0.15, 0.2) is 42.5 Å². The van der Waals surface area contributed by atoms with Crippen LogP contribution in [0.1, 0.15) is 21.5 Å². The molecule has 0 radical (unpaired) electrons. The van der Waals surface area contributed by atoms with Crippen molar-refractivity contribution >= 4 is 11.6 Å². The summed E-state index contributed by atoms with van der Waals surface area (Å²) >= 11 is 0. The summed E-state index contributed by atoms with van der Waals surface area (Å²) in [5, 5.41) is 0. The van der Waals surface area contributed by atoms with Gasteiger partial charge < -0.3 is 10.6 Å². The van der Waals surface area contributed by atoms with Crippen LogP contribution < -0.4 is 5.73 Å². The van der Waals surface area contributed by atoms with Crippen LogP contribution in [0.4, 0.5) is 10.1 Å². The Balaban J connectivity index is 1.86. The Bertz CT molecular complexity index is 649. The van der Waals surface area contributed by atoms with Gasteiger partial charge in [0.2, 0.25) is 0 Å². The Hall–Kier alpha value is -2.36. The molecule has 1 aliphatic rings. The first-order chi connectivity index (χ1) is 9.63. The van der Waals surface area contributed by atoms with Crippen molar-refractivity contribution in [3.8, 4) is 0 Å². The number of rotatable bonds is 1. The fraction of sp³-hybridized carbons (Fsp3) is 0.188. The fourth-order valence-corrected chi connectivity index (χ4v) is 2.59. The molecule has 0 spiro atoms. The SMILES string of the molecule is Nc1cc(F)cc(C(=O)N2CCc3ccccc3C2)c1. The number of hydrogen-bond acceptors (Lipinski definition) is 2. The molecule has 0 aliphatic carbocycles. The summed E-state index contributed by atoms with van der Waals surface area (Å²) in [6.07, 6.45) is 0.826. The van der Waals surface area contributed by atoms with E-state index in [1.807, 2.05) is 18.2 Å². The number of halogens is 1. The number of nitrogens with two attached hydrogens (primary N) is 1. The zero-order valence-corrected chi connectivity index (χ0v) is 11.0. The lowest BCUT2D eigenvalue weighted by Crippen LogP contribution is -2.36. The zero-order valence-electron chi connectivity index (χ0n) is 11.0. The van der Waals surface area contributed by atoms with Gasteiger partial charge in [-0.25, -0.2) is 4.39 Å². The molecule has 1 amide bonds. The van der Waals surface area contributed by atoms with E-state index in [4.69, 9.17) is 5.73 Å². The van der Waals surface area contributed by atoms with Crippen molar-refractivity contribution in [2.75, 3.05) is 12.3 Å². The minimum absolute atomic E-state index is 0.175. The lowest BCUT2D eigenvalue weighted by Gasteiger charge is -2.29. The average molecular weight is 270 g/mol. The molecule has 0 bridgehead atoms. The molecule has 2 N–H and O–H groups in total. The standard InChI is InChI=1S/C16H15FN2O/c17-14-7-13(8-15(18)9-14)16(20)19-6-5-11-3-1-2-4-12(11)10-19/h1-4,7-9H,5-6,10,18H2. The number of anilines is 1. The highest BCUT2D eigenvalue weighted by Gasteiger charge is 2.22. The molecule has 2 aromatic rings. The summed E-state index contributed by atoms with van der Waals surface area (Å²) in [5.41, 5.74) is 8.59. The first-order valence-electron chi connectivity index (χ1n) is 6.55. The highest BCUT2D eigenvalue weighted by molar-refractivity contribution is 5.95. The van der Waals surface area contributed by atoms with E-state index in [1.165, 1.54) is 23.8 Å². The van der Waals surface area contributed by atoms with Gasteiger partial charge in [-0.05, 0) is 35.7 Å². The van der Waals surface area contributed by atoms with E-state index in [9.17, 15) is 9.18 Å². The van der Waals surface area contributed by atoms with E-state index in [-0.39, 0.29) is 11.6 Å². The highest BCUT2D eigenvalue weighted by atomic mass is 19.1. The Morgan fingerprint density at radius 2 is 1.90 bits per heavy atom. The van der Waals surface area contributed by atoms with Crippen molar-refractivity contribution in [2.45, 2.75) is 13.0 Å². The van der Waals surface area contributed by atoms with Crippen LogP contribution in [0, 0.1) is 5.82 Å². The van der Waals surface area contributed by atoms with Crippen LogP contribution in [0.2, 0.25) is 0 Å². The molecule has 1 heterocycles. The van der Waals surface area contributed by atoms with Crippen molar-refractivity contribution in [2.24, 2.45) is 0 Å². The minimum atomic E-state index is -0.481. The number of benzene rings is 2. The second kappa shape index (κ2) is 4.96.